The molecule has 0 bridgehead atoms. The number of hydrogen-bond donors (Lipinski definition) is 1. The second-order valence-electron chi connectivity index (χ2n) is 8.96. The molecule has 6 nitrogen and oxygen atoms in total. The number of anilines is 2. The Labute approximate surface area is 210 Å². The second-order valence-corrected chi connectivity index (χ2v) is 9.40. The van der Waals surface area contributed by atoms with Crippen molar-refractivity contribution in [2.24, 2.45) is 5.41 Å². The van der Waals surface area contributed by atoms with Gasteiger partial charge in [-0.3, -0.25) is 9.78 Å². The molecule has 1 atom stereocenters. The number of nitrogens with one attached hydrogen (secondary N) is 1. The number of carbonyl (C=O) groups excluding carboxylic acids is 2. The summed E-state index contributed by atoms with van der Waals surface area (Å²) >= 11 is 6.18. The molecule has 2 fully saturated rings. The van der Waals surface area contributed by atoms with E-state index >= 15 is 0 Å². The molecule has 1 N–H and O–H groups in total. The molecule has 5 rings (SSSR count). The zero-order valence-electron chi connectivity index (χ0n) is 19.0. The lowest BCUT2D eigenvalue weighted by Gasteiger charge is -2.58. The van der Waals surface area contributed by atoms with Crippen molar-refractivity contribution in [1.82, 2.24) is 9.88 Å². The maximum absolute atomic E-state index is 13.6. The van der Waals surface area contributed by atoms with Crippen LogP contribution in [-0.4, -0.2) is 34.9 Å². The normalized spacial score (nSPS) is 19.2. The van der Waals surface area contributed by atoms with Gasteiger partial charge in [-0.1, -0.05) is 29.8 Å². The lowest BCUT2D eigenvalue weighted by Crippen LogP contribution is -2.67. The number of amides is 3. The van der Waals surface area contributed by atoms with Crippen LogP contribution in [0.4, 0.5) is 29.3 Å². The zero-order valence-corrected chi connectivity index (χ0v) is 19.8. The molecule has 1 aromatic heterocycles. The molecule has 3 aromatic rings. The van der Waals surface area contributed by atoms with E-state index < -0.39 is 23.2 Å². The molecule has 2 aromatic carbocycles. The SMILES string of the molecule is O=C(Nc1cccc(C(F)(F)F)c1)N1CCC2(CC1)C(=O)N(c1cccc(Cl)c1)C2c1ccccn1. The quantitative estimate of drug-likeness (QED) is 0.426. The Kier molecular flexibility index (Phi) is 6.12. The van der Waals surface area contributed by atoms with E-state index in [1.54, 1.807) is 35.4 Å². The van der Waals surface area contributed by atoms with E-state index in [4.69, 9.17) is 11.6 Å². The van der Waals surface area contributed by atoms with Crippen LogP contribution in [0.1, 0.15) is 30.1 Å². The van der Waals surface area contributed by atoms with Gasteiger partial charge in [0.15, 0.2) is 0 Å². The molecule has 1 spiro atoms. The lowest BCUT2D eigenvalue weighted by atomic mass is 9.63. The summed E-state index contributed by atoms with van der Waals surface area (Å²) in [5.41, 5.74) is -0.0769. The van der Waals surface area contributed by atoms with Gasteiger partial charge in [0.05, 0.1) is 22.7 Å². The summed E-state index contributed by atoms with van der Waals surface area (Å²) in [7, 11) is 0. The third-order valence-electron chi connectivity index (χ3n) is 6.86. The van der Waals surface area contributed by atoms with Crippen molar-refractivity contribution in [2.45, 2.75) is 25.1 Å². The van der Waals surface area contributed by atoms with Gasteiger partial charge in [-0.15, -0.1) is 0 Å². The minimum absolute atomic E-state index is 0.0571. The first kappa shape index (κ1) is 24.1. The zero-order chi connectivity index (χ0) is 25.5. The Bertz CT molecular complexity index is 1290. The van der Waals surface area contributed by atoms with Crippen LogP contribution >= 0.6 is 11.6 Å². The number of piperidine rings is 1. The van der Waals surface area contributed by atoms with Gasteiger partial charge in [0.1, 0.15) is 0 Å². The highest BCUT2D eigenvalue weighted by atomic mass is 35.5. The summed E-state index contributed by atoms with van der Waals surface area (Å²) < 4.78 is 39.0. The Hall–Kier alpha value is -3.59. The maximum Gasteiger partial charge on any atom is 0.416 e. The molecule has 0 aliphatic carbocycles. The van der Waals surface area contributed by atoms with E-state index in [2.05, 4.69) is 10.3 Å². The minimum atomic E-state index is -4.50. The first-order chi connectivity index (χ1) is 17.2. The molecule has 0 saturated carbocycles. The fourth-order valence-corrected chi connectivity index (χ4v) is 5.26. The number of urea groups is 1. The molecule has 2 saturated heterocycles. The van der Waals surface area contributed by atoms with Crippen molar-refractivity contribution in [3.8, 4) is 0 Å². The standard InChI is InChI=1S/C26H22ClF3N4O2/c27-18-6-4-8-20(16-18)34-22(21-9-1-2-12-31-21)25(23(34)35)10-13-33(14-11-25)24(36)32-19-7-3-5-17(15-19)26(28,29)30/h1-9,12,15-16,22H,10-11,13-14H2,(H,32,36). The summed E-state index contributed by atoms with van der Waals surface area (Å²) in [4.78, 5) is 34.1. The van der Waals surface area contributed by atoms with Crippen LogP contribution in [0.5, 0.6) is 0 Å². The van der Waals surface area contributed by atoms with Crippen molar-refractivity contribution in [1.29, 1.82) is 0 Å². The van der Waals surface area contributed by atoms with Crippen molar-refractivity contribution in [3.05, 3.63) is 89.2 Å². The van der Waals surface area contributed by atoms with E-state index in [0.717, 1.165) is 17.8 Å². The molecular formula is C26H22ClF3N4O2. The molecule has 0 radical (unpaired) electrons. The van der Waals surface area contributed by atoms with E-state index in [9.17, 15) is 22.8 Å². The topological polar surface area (TPSA) is 65.5 Å². The Morgan fingerprint density at radius 3 is 2.44 bits per heavy atom. The highest BCUT2D eigenvalue weighted by Crippen LogP contribution is 2.57. The first-order valence-corrected chi connectivity index (χ1v) is 11.8. The molecule has 3 heterocycles. The van der Waals surface area contributed by atoms with Gasteiger partial charge in [-0.05, 0) is 61.4 Å². The van der Waals surface area contributed by atoms with Crippen LogP contribution < -0.4 is 10.2 Å². The number of benzene rings is 2. The minimum Gasteiger partial charge on any atom is -0.324 e. The van der Waals surface area contributed by atoms with Crippen LogP contribution in [0.15, 0.2) is 72.9 Å². The third-order valence-corrected chi connectivity index (χ3v) is 7.10. The second kappa shape index (κ2) is 9.13. The molecule has 2 aliphatic heterocycles. The molecule has 186 valence electrons. The van der Waals surface area contributed by atoms with Gasteiger partial charge in [-0.2, -0.15) is 13.2 Å². The van der Waals surface area contributed by atoms with Crippen LogP contribution in [-0.2, 0) is 11.0 Å². The van der Waals surface area contributed by atoms with Crippen LogP contribution in [0.2, 0.25) is 5.02 Å². The van der Waals surface area contributed by atoms with E-state index in [1.165, 1.54) is 17.0 Å². The van der Waals surface area contributed by atoms with Crippen LogP contribution in [0.25, 0.3) is 0 Å². The van der Waals surface area contributed by atoms with Crippen LogP contribution in [0, 0.1) is 5.41 Å². The number of aromatic nitrogens is 1. The van der Waals surface area contributed by atoms with Gasteiger partial charge in [0, 0.05) is 35.7 Å². The number of rotatable bonds is 3. The average Bonchev–Trinajstić information content (AvgIpc) is 2.87. The van der Waals surface area contributed by atoms with Gasteiger partial charge < -0.3 is 15.1 Å². The largest absolute Gasteiger partial charge is 0.416 e. The summed E-state index contributed by atoms with van der Waals surface area (Å²) in [5, 5.41) is 3.06. The smallest absolute Gasteiger partial charge is 0.324 e. The number of nitrogens with zero attached hydrogens (tertiary/aromatic N) is 3. The summed E-state index contributed by atoms with van der Waals surface area (Å²) in [5.74, 6) is -0.0571. The van der Waals surface area contributed by atoms with Crippen molar-refractivity contribution in [2.75, 3.05) is 23.3 Å². The number of hydrogen-bond acceptors (Lipinski definition) is 3. The van der Waals surface area contributed by atoms with E-state index in [1.807, 2.05) is 18.2 Å². The molecule has 3 amide bonds. The number of β-lactam (4-membered cyclic amide) rings is 1. The number of pyridine rings is 1. The molecular weight excluding hydrogens is 493 g/mol. The molecule has 36 heavy (non-hydrogen) atoms. The van der Waals surface area contributed by atoms with Gasteiger partial charge >= 0.3 is 12.2 Å². The van der Waals surface area contributed by atoms with E-state index in [-0.39, 0.29) is 30.7 Å². The van der Waals surface area contributed by atoms with Crippen molar-refractivity contribution >= 4 is 34.9 Å². The third kappa shape index (κ3) is 4.28. The molecule has 1 unspecified atom stereocenters. The fraction of sp³-hybridized carbons (Fsp3) is 0.269. The summed E-state index contributed by atoms with van der Waals surface area (Å²) in [6.07, 6.45) is -2.02. The maximum atomic E-state index is 13.6. The van der Waals surface area contributed by atoms with Crippen LogP contribution in [0.3, 0.4) is 0 Å². The van der Waals surface area contributed by atoms with Gasteiger partial charge in [0.25, 0.3) is 0 Å². The molecule has 2 aliphatic rings. The summed E-state index contributed by atoms with van der Waals surface area (Å²) in [6.45, 7) is 0.562. The predicted octanol–water partition coefficient (Wildman–Crippen LogP) is 6.16. The molecule has 10 heteroatoms. The Morgan fingerprint density at radius 2 is 1.78 bits per heavy atom. The number of halogens is 4. The Morgan fingerprint density at radius 1 is 1.03 bits per heavy atom. The first-order valence-electron chi connectivity index (χ1n) is 11.4. The highest BCUT2D eigenvalue weighted by Gasteiger charge is 2.62. The number of alkyl halides is 3. The highest BCUT2D eigenvalue weighted by molar-refractivity contribution is 6.31. The van der Waals surface area contributed by atoms with Crippen molar-refractivity contribution in [3.63, 3.8) is 0 Å². The number of carbonyl (C=O) groups is 2. The van der Waals surface area contributed by atoms with Crippen molar-refractivity contribution < 1.29 is 22.8 Å². The monoisotopic (exact) mass is 514 g/mol. The van der Waals surface area contributed by atoms with Gasteiger partial charge in [-0.25, -0.2) is 4.79 Å². The lowest BCUT2D eigenvalue weighted by molar-refractivity contribution is -0.144. The summed E-state index contributed by atoms with van der Waals surface area (Å²) in [6, 6.07) is 16.3. The fourth-order valence-electron chi connectivity index (χ4n) is 5.07. The average molecular weight is 515 g/mol. The number of likely N-dealkylation sites (tertiary alicyclic amines) is 1. The van der Waals surface area contributed by atoms with Gasteiger partial charge in [0.2, 0.25) is 5.91 Å². The predicted molar refractivity (Wildman–Crippen MR) is 130 cm³/mol. The van der Waals surface area contributed by atoms with E-state index in [0.29, 0.717) is 23.6 Å². The Balaban J connectivity index is 1.34.